The number of hydrogen-bond acceptors (Lipinski definition) is 5. The van der Waals surface area contributed by atoms with E-state index in [2.05, 4.69) is 0 Å². The number of ether oxygens (including phenoxy) is 1. The van der Waals surface area contributed by atoms with Gasteiger partial charge in [-0.25, -0.2) is 0 Å². The first-order valence-electron chi connectivity index (χ1n) is 9.10. The van der Waals surface area contributed by atoms with Crippen LogP contribution in [0.3, 0.4) is 0 Å². The number of nitrogens with two attached hydrogens (primary N) is 1. The molecule has 0 saturated carbocycles. The molecule has 8 heteroatoms. The van der Waals surface area contributed by atoms with Crippen LogP contribution in [0, 0.1) is 12.8 Å². The van der Waals surface area contributed by atoms with E-state index in [1.807, 2.05) is 19.1 Å². The van der Waals surface area contributed by atoms with Gasteiger partial charge in [0.15, 0.2) is 0 Å². The number of rotatable bonds is 4. The van der Waals surface area contributed by atoms with Crippen molar-refractivity contribution in [3.8, 4) is 5.75 Å². The number of benzene rings is 1. The van der Waals surface area contributed by atoms with Gasteiger partial charge in [0.05, 0.1) is 12.2 Å². The summed E-state index contributed by atoms with van der Waals surface area (Å²) in [5.41, 5.74) is 8.67. The Hall–Kier alpha value is -1.19. The van der Waals surface area contributed by atoms with E-state index in [9.17, 15) is 13.5 Å². The standard InChI is InChI=1S/C18H29N3O4S/c1-12-4-5-14-15(18(12)22)10-16(25-17(14)11-19)13-6-8-21(9-7-13)26(23,24)20(2)3/h4-5,13,16-17,22H,6-11,19H2,1-3H3/t16-,17-/m0/s1. The molecule has 0 radical (unpaired) electrons. The van der Waals surface area contributed by atoms with Crippen LogP contribution in [0.15, 0.2) is 12.1 Å². The first kappa shape index (κ1) is 19.6. The van der Waals surface area contributed by atoms with Crippen molar-refractivity contribution in [1.29, 1.82) is 0 Å². The number of phenolic OH excluding ortho intramolecular Hbond substituents is 1. The smallest absolute Gasteiger partial charge is 0.281 e. The van der Waals surface area contributed by atoms with Crippen molar-refractivity contribution < 1.29 is 18.3 Å². The van der Waals surface area contributed by atoms with E-state index < -0.39 is 10.2 Å². The average Bonchev–Trinajstić information content (AvgIpc) is 2.64. The molecule has 1 fully saturated rings. The molecule has 3 rings (SSSR count). The lowest BCUT2D eigenvalue weighted by molar-refractivity contribution is -0.0613. The van der Waals surface area contributed by atoms with Gasteiger partial charge >= 0.3 is 0 Å². The van der Waals surface area contributed by atoms with Crippen molar-refractivity contribution in [1.82, 2.24) is 8.61 Å². The van der Waals surface area contributed by atoms with Crippen LogP contribution in [0.5, 0.6) is 5.75 Å². The zero-order valence-electron chi connectivity index (χ0n) is 15.7. The van der Waals surface area contributed by atoms with E-state index in [4.69, 9.17) is 10.5 Å². The maximum Gasteiger partial charge on any atom is 0.281 e. The summed E-state index contributed by atoms with van der Waals surface area (Å²) < 4.78 is 33.6. The van der Waals surface area contributed by atoms with Crippen molar-refractivity contribution in [2.75, 3.05) is 33.7 Å². The van der Waals surface area contributed by atoms with Crippen LogP contribution in [0.1, 0.15) is 35.6 Å². The van der Waals surface area contributed by atoms with Gasteiger partial charge in [0.1, 0.15) is 5.75 Å². The Balaban J connectivity index is 1.75. The van der Waals surface area contributed by atoms with Gasteiger partial charge in [-0.15, -0.1) is 0 Å². The molecule has 2 aliphatic rings. The fourth-order valence-corrected chi connectivity index (χ4v) is 5.12. The van der Waals surface area contributed by atoms with Gasteiger partial charge in [0.25, 0.3) is 10.2 Å². The molecule has 3 N–H and O–H groups in total. The fourth-order valence-electron chi connectivity index (χ4n) is 3.99. The second-order valence-electron chi connectivity index (χ2n) is 7.43. The highest BCUT2D eigenvalue weighted by molar-refractivity contribution is 7.86. The molecule has 0 unspecified atom stereocenters. The molecule has 1 saturated heterocycles. The van der Waals surface area contributed by atoms with E-state index in [1.54, 1.807) is 14.1 Å². The fraction of sp³-hybridized carbons (Fsp3) is 0.667. The Labute approximate surface area is 155 Å². The molecule has 0 amide bonds. The van der Waals surface area contributed by atoms with Gasteiger partial charge in [-0.05, 0) is 36.8 Å². The summed E-state index contributed by atoms with van der Waals surface area (Å²) in [6.45, 7) is 3.23. The molecule has 0 bridgehead atoms. The number of aryl methyl sites for hydroxylation is 1. The van der Waals surface area contributed by atoms with Crippen LogP contribution in [0.2, 0.25) is 0 Å². The van der Waals surface area contributed by atoms with E-state index in [1.165, 1.54) is 8.61 Å². The number of nitrogens with zero attached hydrogens (tertiary/aromatic N) is 2. The van der Waals surface area contributed by atoms with Gasteiger partial charge in [-0.3, -0.25) is 0 Å². The van der Waals surface area contributed by atoms with Crippen molar-refractivity contribution in [2.24, 2.45) is 11.7 Å². The highest BCUT2D eigenvalue weighted by Gasteiger charge is 2.37. The van der Waals surface area contributed by atoms with Gasteiger partial charge in [-0.2, -0.15) is 17.0 Å². The third-order valence-corrected chi connectivity index (χ3v) is 7.58. The highest BCUT2D eigenvalue weighted by Crippen LogP contribution is 2.40. The molecular formula is C18H29N3O4S. The maximum atomic E-state index is 12.3. The van der Waals surface area contributed by atoms with Crippen molar-refractivity contribution in [3.05, 3.63) is 28.8 Å². The highest BCUT2D eigenvalue weighted by atomic mass is 32.2. The number of phenols is 1. The number of aromatic hydroxyl groups is 1. The molecule has 146 valence electrons. The van der Waals surface area contributed by atoms with Gasteiger partial charge in [0, 0.05) is 45.7 Å². The van der Waals surface area contributed by atoms with E-state index in [0.717, 1.165) is 29.5 Å². The molecule has 0 spiro atoms. The summed E-state index contributed by atoms with van der Waals surface area (Å²) >= 11 is 0. The van der Waals surface area contributed by atoms with Crippen LogP contribution >= 0.6 is 0 Å². The largest absolute Gasteiger partial charge is 0.507 e. The third kappa shape index (κ3) is 3.48. The Bertz CT molecular complexity index is 758. The normalized spacial score (nSPS) is 25.4. The van der Waals surface area contributed by atoms with Crippen LogP contribution in [-0.2, 0) is 21.4 Å². The molecule has 1 aromatic carbocycles. The summed E-state index contributed by atoms with van der Waals surface area (Å²) in [5, 5.41) is 10.5. The second-order valence-corrected chi connectivity index (χ2v) is 9.57. The van der Waals surface area contributed by atoms with Gasteiger partial charge in [-0.1, -0.05) is 12.1 Å². The minimum atomic E-state index is -3.36. The first-order chi connectivity index (χ1) is 12.3. The van der Waals surface area contributed by atoms with Gasteiger partial charge in [0.2, 0.25) is 0 Å². The molecule has 0 aromatic heterocycles. The van der Waals surface area contributed by atoms with E-state index in [0.29, 0.717) is 31.8 Å². The molecule has 1 aromatic rings. The lowest BCUT2D eigenvalue weighted by atomic mass is 9.83. The summed E-state index contributed by atoms with van der Waals surface area (Å²) in [5.74, 6) is 0.590. The zero-order chi connectivity index (χ0) is 19.1. The van der Waals surface area contributed by atoms with Crippen molar-refractivity contribution >= 4 is 10.2 Å². The predicted molar refractivity (Wildman–Crippen MR) is 100 cm³/mol. The van der Waals surface area contributed by atoms with E-state index >= 15 is 0 Å². The van der Waals surface area contributed by atoms with Crippen LogP contribution < -0.4 is 5.73 Å². The average molecular weight is 384 g/mol. The zero-order valence-corrected chi connectivity index (χ0v) is 16.5. The molecule has 0 aliphatic carbocycles. The Morgan fingerprint density at radius 3 is 2.54 bits per heavy atom. The Morgan fingerprint density at radius 2 is 1.96 bits per heavy atom. The van der Waals surface area contributed by atoms with Crippen molar-refractivity contribution in [2.45, 2.75) is 38.4 Å². The summed E-state index contributed by atoms with van der Waals surface area (Å²) in [4.78, 5) is 0. The maximum absolute atomic E-state index is 12.3. The van der Waals surface area contributed by atoms with Crippen molar-refractivity contribution in [3.63, 3.8) is 0 Å². The Kier molecular flexibility index (Phi) is 5.60. The number of piperidine rings is 1. The lowest BCUT2D eigenvalue weighted by Crippen LogP contribution is -2.47. The van der Waals surface area contributed by atoms with Crippen LogP contribution in [-0.4, -0.2) is 62.0 Å². The first-order valence-corrected chi connectivity index (χ1v) is 10.5. The lowest BCUT2D eigenvalue weighted by Gasteiger charge is -2.40. The van der Waals surface area contributed by atoms with E-state index in [-0.39, 0.29) is 18.1 Å². The summed E-state index contributed by atoms with van der Waals surface area (Å²) in [6, 6.07) is 3.88. The molecule has 2 aliphatic heterocycles. The number of hydrogen-bond donors (Lipinski definition) is 2. The SMILES string of the molecule is Cc1ccc2c(c1O)C[C@@H](C1CCN(S(=O)(=O)N(C)C)CC1)O[C@H]2CN. The van der Waals surface area contributed by atoms with Gasteiger partial charge < -0.3 is 15.6 Å². The second kappa shape index (κ2) is 7.44. The molecule has 2 atom stereocenters. The molecule has 26 heavy (non-hydrogen) atoms. The molecule has 7 nitrogen and oxygen atoms in total. The monoisotopic (exact) mass is 383 g/mol. The van der Waals surface area contributed by atoms with Crippen LogP contribution in [0.25, 0.3) is 0 Å². The van der Waals surface area contributed by atoms with Crippen LogP contribution in [0.4, 0.5) is 0 Å². The summed E-state index contributed by atoms with van der Waals surface area (Å²) in [7, 11) is -0.254. The summed E-state index contributed by atoms with van der Waals surface area (Å²) in [6.07, 6.45) is 1.87. The quantitative estimate of drug-likeness (QED) is 0.813. The molecule has 2 heterocycles. The minimum Gasteiger partial charge on any atom is -0.507 e. The minimum absolute atomic E-state index is 0.0482. The topological polar surface area (TPSA) is 96.1 Å². The molecular weight excluding hydrogens is 354 g/mol. The Morgan fingerprint density at radius 1 is 1.31 bits per heavy atom. The third-order valence-electron chi connectivity index (χ3n) is 5.64. The predicted octanol–water partition coefficient (Wildman–Crippen LogP) is 1.16. The number of fused-ring (bicyclic) bond motifs is 1.